The lowest BCUT2D eigenvalue weighted by Crippen LogP contribution is -2.02. The van der Waals surface area contributed by atoms with Crippen LogP contribution in [0.1, 0.15) is 11.1 Å². The molecule has 0 bridgehead atoms. The molecule has 0 aliphatic carbocycles. The van der Waals surface area contributed by atoms with E-state index in [1.165, 1.54) is 6.07 Å². The molecule has 0 spiro atoms. The Labute approximate surface area is 109 Å². The summed E-state index contributed by atoms with van der Waals surface area (Å²) in [5.41, 5.74) is 0.615. The van der Waals surface area contributed by atoms with Crippen LogP contribution in [0.3, 0.4) is 0 Å². The first-order valence-electron chi connectivity index (χ1n) is 5.79. The molecule has 0 N–H and O–H groups in total. The Bertz CT molecular complexity index is 568. The van der Waals surface area contributed by atoms with Crippen molar-refractivity contribution in [3.05, 3.63) is 65.2 Å². The van der Waals surface area contributed by atoms with E-state index in [2.05, 4.69) is 0 Å². The summed E-state index contributed by atoms with van der Waals surface area (Å²) in [7, 11) is 0. The maximum absolute atomic E-state index is 13.9. The summed E-state index contributed by atoms with van der Waals surface area (Å²) in [6.07, 6.45) is 0.155. The molecule has 0 atom stereocenters. The summed E-state index contributed by atoms with van der Waals surface area (Å²) >= 11 is 0. The van der Waals surface area contributed by atoms with Gasteiger partial charge in [-0.25, -0.2) is 8.78 Å². The summed E-state index contributed by atoms with van der Waals surface area (Å²) in [6.45, 7) is 0.184. The van der Waals surface area contributed by atoms with E-state index in [9.17, 15) is 13.6 Å². The number of carbonyl (C=O) groups excluding carboxylic acids is 1. The van der Waals surface area contributed by atoms with Gasteiger partial charge in [0, 0.05) is 12.0 Å². The second kappa shape index (κ2) is 6.09. The van der Waals surface area contributed by atoms with Crippen LogP contribution in [0.15, 0.2) is 42.5 Å². The highest BCUT2D eigenvalue weighted by Crippen LogP contribution is 2.24. The molecule has 0 aliphatic heterocycles. The Kier molecular flexibility index (Phi) is 4.23. The van der Waals surface area contributed by atoms with Gasteiger partial charge in [0.15, 0.2) is 11.6 Å². The Balaban J connectivity index is 2.17. The third-order valence-electron chi connectivity index (χ3n) is 2.68. The molecule has 2 nitrogen and oxygen atoms in total. The van der Waals surface area contributed by atoms with Gasteiger partial charge in [0.05, 0.1) is 0 Å². The first kappa shape index (κ1) is 13.2. The summed E-state index contributed by atoms with van der Waals surface area (Å²) in [5, 5.41) is 0. The lowest BCUT2D eigenvalue weighted by molar-refractivity contribution is -0.107. The fourth-order valence-electron chi connectivity index (χ4n) is 1.69. The van der Waals surface area contributed by atoms with Crippen LogP contribution >= 0.6 is 0 Å². The number of rotatable bonds is 5. The summed E-state index contributed by atoms with van der Waals surface area (Å²) in [4.78, 5) is 10.4. The minimum Gasteiger partial charge on any atom is -0.486 e. The highest BCUT2D eigenvalue weighted by atomic mass is 19.1. The third-order valence-corrected chi connectivity index (χ3v) is 2.68. The molecule has 2 aromatic rings. The van der Waals surface area contributed by atoms with Crippen molar-refractivity contribution in [2.75, 3.05) is 0 Å². The molecule has 0 unspecified atom stereocenters. The van der Waals surface area contributed by atoms with E-state index in [4.69, 9.17) is 4.74 Å². The molecular weight excluding hydrogens is 250 g/mol. The fraction of sp³-hybridized carbons (Fsp3) is 0.133. The van der Waals surface area contributed by atoms with Crippen molar-refractivity contribution < 1.29 is 18.3 Å². The lowest BCUT2D eigenvalue weighted by atomic mass is 10.1. The molecule has 0 amide bonds. The van der Waals surface area contributed by atoms with Gasteiger partial charge in [-0.15, -0.1) is 0 Å². The van der Waals surface area contributed by atoms with E-state index in [-0.39, 0.29) is 24.3 Å². The first-order chi connectivity index (χ1) is 9.22. The minimum absolute atomic E-state index is 0.0536. The summed E-state index contributed by atoms with van der Waals surface area (Å²) in [6, 6.07) is 11.6. The standard InChI is InChI=1S/C15H12F2O2/c16-13-6-7-14(15(17)12(13)8-9-18)19-10-11-4-2-1-3-5-11/h1-7,9H,8,10H2. The fourth-order valence-corrected chi connectivity index (χ4v) is 1.69. The monoisotopic (exact) mass is 262 g/mol. The van der Waals surface area contributed by atoms with Crippen LogP contribution in [0.2, 0.25) is 0 Å². The van der Waals surface area contributed by atoms with Gasteiger partial charge in [-0.1, -0.05) is 30.3 Å². The molecule has 2 rings (SSSR count). The highest BCUT2D eigenvalue weighted by molar-refractivity contribution is 5.56. The van der Waals surface area contributed by atoms with Crippen molar-refractivity contribution >= 4 is 6.29 Å². The second-order valence-corrected chi connectivity index (χ2v) is 3.98. The smallest absolute Gasteiger partial charge is 0.171 e. The zero-order chi connectivity index (χ0) is 13.7. The number of halogens is 2. The van der Waals surface area contributed by atoms with E-state index < -0.39 is 11.6 Å². The van der Waals surface area contributed by atoms with Crippen molar-refractivity contribution in [3.8, 4) is 5.75 Å². The maximum Gasteiger partial charge on any atom is 0.171 e. The van der Waals surface area contributed by atoms with Gasteiger partial charge in [0.1, 0.15) is 18.7 Å². The average Bonchev–Trinajstić information content (AvgIpc) is 2.44. The Morgan fingerprint density at radius 1 is 1.05 bits per heavy atom. The summed E-state index contributed by atoms with van der Waals surface area (Å²) in [5.74, 6) is -1.61. The number of hydrogen-bond donors (Lipinski definition) is 0. The van der Waals surface area contributed by atoms with Gasteiger partial charge >= 0.3 is 0 Å². The molecule has 19 heavy (non-hydrogen) atoms. The molecule has 4 heteroatoms. The molecule has 0 radical (unpaired) electrons. The number of aldehydes is 1. The predicted octanol–water partition coefficient (Wildman–Crippen LogP) is 3.29. The van der Waals surface area contributed by atoms with E-state index in [1.807, 2.05) is 30.3 Å². The van der Waals surface area contributed by atoms with Crippen LogP contribution in [0.25, 0.3) is 0 Å². The molecule has 0 aromatic heterocycles. The zero-order valence-corrected chi connectivity index (χ0v) is 10.1. The zero-order valence-electron chi connectivity index (χ0n) is 10.1. The molecule has 0 heterocycles. The van der Waals surface area contributed by atoms with Gasteiger partial charge in [-0.05, 0) is 17.7 Å². The topological polar surface area (TPSA) is 26.3 Å². The Hall–Kier alpha value is -2.23. The maximum atomic E-state index is 13.9. The predicted molar refractivity (Wildman–Crippen MR) is 66.9 cm³/mol. The van der Waals surface area contributed by atoms with Crippen molar-refractivity contribution in [2.45, 2.75) is 13.0 Å². The molecular formula is C15H12F2O2. The average molecular weight is 262 g/mol. The number of carbonyl (C=O) groups is 1. The quantitative estimate of drug-likeness (QED) is 0.773. The van der Waals surface area contributed by atoms with Crippen LogP contribution in [0.5, 0.6) is 5.75 Å². The molecule has 0 fully saturated rings. The number of benzene rings is 2. The number of hydrogen-bond acceptors (Lipinski definition) is 2. The second-order valence-electron chi connectivity index (χ2n) is 3.98. The van der Waals surface area contributed by atoms with Gasteiger partial charge in [0.2, 0.25) is 0 Å². The SMILES string of the molecule is O=CCc1c(F)ccc(OCc2ccccc2)c1F. The minimum atomic E-state index is -0.817. The third kappa shape index (κ3) is 3.16. The van der Waals surface area contributed by atoms with Crippen molar-refractivity contribution in [2.24, 2.45) is 0 Å². The van der Waals surface area contributed by atoms with E-state index in [0.29, 0.717) is 6.29 Å². The molecule has 0 saturated heterocycles. The molecule has 0 saturated carbocycles. The Morgan fingerprint density at radius 2 is 1.79 bits per heavy atom. The lowest BCUT2D eigenvalue weighted by Gasteiger charge is -2.10. The normalized spacial score (nSPS) is 10.2. The Morgan fingerprint density at radius 3 is 2.47 bits per heavy atom. The largest absolute Gasteiger partial charge is 0.486 e. The van der Waals surface area contributed by atoms with E-state index >= 15 is 0 Å². The highest BCUT2D eigenvalue weighted by Gasteiger charge is 2.14. The first-order valence-corrected chi connectivity index (χ1v) is 5.79. The van der Waals surface area contributed by atoms with Gasteiger partial charge in [-0.3, -0.25) is 0 Å². The summed E-state index contributed by atoms with van der Waals surface area (Å²) < 4.78 is 32.5. The van der Waals surface area contributed by atoms with Crippen molar-refractivity contribution in [1.82, 2.24) is 0 Å². The van der Waals surface area contributed by atoms with Crippen LogP contribution < -0.4 is 4.74 Å². The van der Waals surface area contributed by atoms with Gasteiger partial charge in [-0.2, -0.15) is 0 Å². The van der Waals surface area contributed by atoms with Crippen LogP contribution in [0.4, 0.5) is 8.78 Å². The number of ether oxygens (including phenoxy) is 1. The molecule has 98 valence electrons. The molecule has 0 aliphatic rings. The van der Waals surface area contributed by atoms with Crippen LogP contribution in [0, 0.1) is 11.6 Å². The van der Waals surface area contributed by atoms with Gasteiger partial charge < -0.3 is 9.53 Å². The van der Waals surface area contributed by atoms with Crippen molar-refractivity contribution in [1.29, 1.82) is 0 Å². The van der Waals surface area contributed by atoms with Crippen LogP contribution in [-0.4, -0.2) is 6.29 Å². The van der Waals surface area contributed by atoms with Crippen LogP contribution in [-0.2, 0) is 17.8 Å². The van der Waals surface area contributed by atoms with E-state index in [0.717, 1.165) is 11.6 Å². The van der Waals surface area contributed by atoms with E-state index in [1.54, 1.807) is 0 Å². The van der Waals surface area contributed by atoms with Crippen molar-refractivity contribution in [3.63, 3.8) is 0 Å². The van der Waals surface area contributed by atoms with Gasteiger partial charge in [0.25, 0.3) is 0 Å². The molecule has 2 aromatic carbocycles.